The van der Waals surface area contributed by atoms with Gasteiger partial charge in [0.1, 0.15) is 10.0 Å². The summed E-state index contributed by atoms with van der Waals surface area (Å²) in [5.41, 5.74) is 1.05. The van der Waals surface area contributed by atoms with E-state index in [-0.39, 0.29) is 10.0 Å². The van der Waals surface area contributed by atoms with E-state index < -0.39 is 10.0 Å². The fourth-order valence-corrected chi connectivity index (χ4v) is 3.44. The van der Waals surface area contributed by atoms with Crippen LogP contribution in [0.5, 0.6) is 0 Å². The van der Waals surface area contributed by atoms with Crippen molar-refractivity contribution in [3.63, 3.8) is 0 Å². The number of anilines is 2. The van der Waals surface area contributed by atoms with Crippen LogP contribution in [0.4, 0.5) is 11.4 Å². The van der Waals surface area contributed by atoms with E-state index in [1.165, 1.54) is 18.3 Å². The molecular weight excluding hydrogens is 333 g/mol. The van der Waals surface area contributed by atoms with Gasteiger partial charge in [0, 0.05) is 25.3 Å². The number of sulfonamides is 1. The highest BCUT2D eigenvalue weighted by Gasteiger charge is 2.20. The first-order valence-corrected chi connectivity index (χ1v) is 8.15. The maximum Gasteiger partial charge on any atom is 0.265 e. The highest BCUT2D eigenvalue weighted by Crippen LogP contribution is 2.30. The summed E-state index contributed by atoms with van der Waals surface area (Å²) in [7, 11) is -0.239. The molecule has 0 fully saturated rings. The van der Waals surface area contributed by atoms with Gasteiger partial charge in [-0.2, -0.15) is 0 Å². The number of nitrogens with zero attached hydrogens (tertiary/aromatic N) is 2. The number of rotatable bonds is 4. The third-order valence-electron chi connectivity index (χ3n) is 2.70. The summed E-state index contributed by atoms with van der Waals surface area (Å²) in [4.78, 5) is 5.46. The largest absolute Gasteiger partial charge is 0.376 e. The molecule has 0 bridgehead atoms. The number of pyridine rings is 1. The van der Waals surface area contributed by atoms with Crippen LogP contribution in [0.15, 0.2) is 41.4 Å². The van der Waals surface area contributed by atoms with Crippen LogP contribution in [0, 0.1) is 0 Å². The van der Waals surface area contributed by atoms with Gasteiger partial charge in [-0.3, -0.25) is 4.72 Å². The third kappa shape index (κ3) is 3.58. The molecule has 0 aliphatic heterocycles. The van der Waals surface area contributed by atoms with Crippen molar-refractivity contribution in [3.05, 3.63) is 46.7 Å². The van der Waals surface area contributed by atoms with Gasteiger partial charge in [0.25, 0.3) is 10.0 Å². The lowest BCUT2D eigenvalue weighted by Crippen LogP contribution is -2.17. The van der Waals surface area contributed by atoms with Crippen LogP contribution in [-0.2, 0) is 10.0 Å². The van der Waals surface area contributed by atoms with Crippen LogP contribution in [0.2, 0.25) is 10.2 Å². The van der Waals surface area contributed by atoms with Gasteiger partial charge >= 0.3 is 0 Å². The van der Waals surface area contributed by atoms with Crippen molar-refractivity contribution in [2.45, 2.75) is 4.90 Å². The molecule has 0 unspecified atom stereocenters. The lowest BCUT2D eigenvalue weighted by atomic mass is 10.2. The van der Waals surface area contributed by atoms with Crippen molar-refractivity contribution in [2.24, 2.45) is 0 Å². The number of benzene rings is 1. The third-order valence-corrected chi connectivity index (χ3v) is 4.74. The van der Waals surface area contributed by atoms with Crippen LogP contribution in [-0.4, -0.2) is 27.5 Å². The highest BCUT2D eigenvalue weighted by molar-refractivity contribution is 7.92. The molecule has 21 heavy (non-hydrogen) atoms. The molecule has 5 nitrogen and oxygen atoms in total. The van der Waals surface area contributed by atoms with E-state index in [2.05, 4.69) is 9.71 Å². The molecule has 0 atom stereocenters. The molecule has 0 aliphatic carbocycles. The van der Waals surface area contributed by atoms with Crippen LogP contribution in [0.1, 0.15) is 0 Å². The second-order valence-corrected chi connectivity index (χ2v) is 6.90. The molecule has 0 radical (unpaired) electrons. The highest BCUT2D eigenvalue weighted by atomic mass is 35.5. The van der Waals surface area contributed by atoms with E-state index in [9.17, 15) is 8.42 Å². The minimum atomic E-state index is -3.85. The Hall–Kier alpha value is -1.50. The number of nitrogens with one attached hydrogen (secondary N) is 1. The zero-order chi connectivity index (χ0) is 15.6. The number of aromatic nitrogens is 1. The zero-order valence-electron chi connectivity index (χ0n) is 11.3. The minimum absolute atomic E-state index is 0.0848. The fraction of sp³-hybridized carbons (Fsp3) is 0.154. The number of halogens is 2. The molecule has 0 aliphatic rings. The quantitative estimate of drug-likeness (QED) is 0.864. The first-order chi connectivity index (χ1) is 9.81. The van der Waals surface area contributed by atoms with Gasteiger partial charge in [0.15, 0.2) is 0 Å². The van der Waals surface area contributed by atoms with Crippen LogP contribution >= 0.6 is 23.2 Å². The second kappa shape index (κ2) is 6.09. The van der Waals surface area contributed by atoms with Gasteiger partial charge in [-0.25, -0.2) is 13.4 Å². The molecule has 1 aromatic heterocycles. The Bertz CT molecular complexity index is 764. The van der Waals surface area contributed by atoms with E-state index in [1.807, 2.05) is 0 Å². The summed E-state index contributed by atoms with van der Waals surface area (Å²) >= 11 is 11.8. The fourth-order valence-electron chi connectivity index (χ4n) is 1.75. The zero-order valence-corrected chi connectivity index (χ0v) is 13.7. The molecule has 1 aromatic carbocycles. The van der Waals surface area contributed by atoms with E-state index in [0.717, 1.165) is 0 Å². The van der Waals surface area contributed by atoms with Crippen LogP contribution < -0.4 is 9.62 Å². The lowest BCUT2D eigenvalue weighted by Gasteiger charge is -2.19. The van der Waals surface area contributed by atoms with E-state index in [4.69, 9.17) is 23.2 Å². The Morgan fingerprint density at radius 3 is 2.52 bits per heavy atom. The van der Waals surface area contributed by atoms with Gasteiger partial charge in [-0.15, -0.1) is 0 Å². The summed E-state index contributed by atoms with van der Waals surface area (Å²) in [5, 5.41) is 0.342. The summed E-state index contributed by atoms with van der Waals surface area (Å²) in [6.45, 7) is 0. The molecule has 1 N–H and O–H groups in total. The Kier molecular flexibility index (Phi) is 4.61. The molecule has 0 spiro atoms. The van der Waals surface area contributed by atoms with E-state index in [0.29, 0.717) is 16.4 Å². The molecule has 112 valence electrons. The molecule has 0 saturated carbocycles. The van der Waals surface area contributed by atoms with Crippen LogP contribution in [0.3, 0.4) is 0 Å². The molecule has 0 saturated heterocycles. The number of hydrogen-bond acceptors (Lipinski definition) is 4. The normalized spacial score (nSPS) is 11.2. The second-order valence-electron chi connectivity index (χ2n) is 4.45. The summed E-state index contributed by atoms with van der Waals surface area (Å²) in [5.74, 6) is 0. The predicted octanol–water partition coefficient (Wildman–Crippen LogP) is 3.26. The molecule has 2 rings (SSSR count). The predicted molar refractivity (Wildman–Crippen MR) is 85.8 cm³/mol. The minimum Gasteiger partial charge on any atom is -0.376 e. The smallest absolute Gasteiger partial charge is 0.265 e. The number of hydrogen-bond donors (Lipinski definition) is 1. The Morgan fingerprint density at radius 2 is 1.90 bits per heavy atom. The molecule has 2 aromatic rings. The van der Waals surface area contributed by atoms with Gasteiger partial charge in [-0.1, -0.05) is 23.2 Å². The van der Waals surface area contributed by atoms with Gasteiger partial charge in [0.2, 0.25) is 0 Å². The maximum atomic E-state index is 12.4. The summed E-state index contributed by atoms with van der Waals surface area (Å²) < 4.78 is 27.3. The Labute approximate surface area is 133 Å². The van der Waals surface area contributed by atoms with Gasteiger partial charge in [-0.05, 0) is 30.3 Å². The summed E-state index contributed by atoms with van der Waals surface area (Å²) in [6, 6.07) is 7.85. The van der Waals surface area contributed by atoms with Crippen LogP contribution in [0.25, 0.3) is 0 Å². The maximum absolute atomic E-state index is 12.4. The van der Waals surface area contributed by atoms with E-state index in [1.54, 1.807) is 37.2 Å². The molecule has 0 amide bonds. The van der Waals surface area contributed by atoms with Gasteiger partial charge < -0.3 is 4.90 Å². The van der Waals surface area contributed by atoms with Crippen molar-refractivity contribution < 1.29 is 8.42 Å². The average molecular weight is 346 g/mol. The van der Waals surface area contributed by atoms with E-state index >= 15 is 0 Å². The molecular formula is C13H13Cl2N3O2S. The molecule has 1 heterocycles. The monoisotopic (exact) mass is 345 g/mol. The average Bonchev–Trinajstić information content (AvgIpc) is 2.38. The van der Waals surface area contributed by atoms with Crippen molar-refractivity contribution in [3.8, 4) is 0 Å². The van der Waals surface area contributed by atoms with Crippen molar-refractivity contribution >= 4 is 44.6 Å². The van der Waals surface area contributed by atoms with Crippen molar-refractivity contribution in [1.29, 1.82) is 0 Å². The standard InChI is InChI=1S/C13H13Cl2N3O2S/c1-18(2)11-6-5-9(14)8-10(11)17-21(19,20)12-4-3-7-16-13(12)15/h3-8,17H,1-2H3. The Morgan fingerprint density at radius 1 is 1.19 bits per heavy atom. The topological polar surface area (TPSA) is 62.3 Å². The van der Waals surface area contributed by atoms with Crippen molar-refractivity contribution in [2.75, 3.05) is 23.7 Å². The first-order valence-electron chi connectivity index (χ1n) is 5.91. The SMILES string of the molecule is CN(C)c1ccc(Cl)cc1NS(=O)(=O)c1cccnc1Cl. The van der Waals surface area contributed by atoms with Crippen molar-refractivity contribution in [1.82, 2.24) is 4.98 Å². The van der Waals surface area contributed by atoms with Gasteiger partial charge in [0.05, 0.1) is 11.4 Å². The lowest BCUT2D eigenvalue weighted by molar-refractivity contribution is 0.601. The Balaban J connectivity index is 2.47. The summed E-state index contributed by atoms with van der Waals surface area (Å²) in [6.07, 6.45) is 1.42. The molecule has 8 heteroatoms. The first kappa shape index (κ1) is 15.9.